The first-order valence-electron chi connectivity index (χ1n) is 7.32. The number of aromatic nitrogens is 1. The van der Waals surface area contributed by atoms with Crippen molar-refractivity contribution in [2.45, 2.75) is 26.2 Å². The SMILES string of the molecule is CC(CNc1ncc([N+](=O)[O-])cc1Br)CN1CCCCC1. The third-order valence-corrected chi connectivity index (χ3v) is 4.28. The lowest BCUT2D eigenvalue weighted by Crippen LogP contribution is -2.35. The van der Waals surface area contributed by atoms with Gasteiger partial charge in [-0.1, -0.05) is 13.3 Å². The van der Waals surface area contributed by atoms with Crippen molar-refractivity contribution >= 4 is 27.4 Å². The predicted octanol–water partition coefficient (Wildman–Crippen LogP) is 3.29. The summed E-state index contributed by atoms with van der Waals surface area (Å²) in [6, 6.07) is 1.48. The van der Waals surface area contributed by atoms with Crippen molar-refractivity contribution in [1.82, 2.24) is 9.88 Å². The van der Waals surface area contributed by atoms with E-state index in [1.54, 1.807) is 0 Å². The van der Waals surface area contributed by atoms with Gasteiger partial charge in [0.1, 0.15) is 12.0 Å². The number of pyridine rings is 1. The highest BCUT2D eigenvalue weighted by atomic mass is 79.9. The van der Waals surface area contributed by atoms with Gasteiger partial charge in [0.15, 0.2) is 0 Å². The van der Waals surface area contributed by atoms with Gasteiger partial charge in [0.25, 0.3) is 5.69 Å². The van der Waals surface area contributed by atoms with Gasteiger partial charge in [0, 0.05) is 19.2 Å². The Morgan fingerprint density at radius 1 is 1.48 bits per heavy atom. The smallest absolute Gasteiger partial charge is 0.288 e. The molecule has 6 nitrogen and oxygen atoms in total. The Hall–Kier alpha value is -1.21. The highest BCUT2D eigenvalue weighted by Crippen LogP contribution is 2.24. The Labute approximate surface area is 133 Å². The molecule has 116 valence electrons. The molecule has 1 aromatic heterocycles. The van der Waals surface area contributed by atoms with Gasteiger partial charge in [-0.3, -0.25) is 10.1 Å². The van der Waals surface area contributed by atoms with E-state index < -0.39 is 4.92 Å². The maximum Gasteiger partial charge on any atom is 0.288 e. The van der Waals surface area contributed by atoms with E-state index in [0.717, 1.165) is 13.1 Å². The molecule has 0 aromatic carbocycles. The van der Waals surface area contributed by atoms with Crippen molar-refractivity contribution in [1.29, 1.82) is 0 Å². The molecule has 1 atom stereocenters. The van der Waals surface area contributed by atoms with Crippen molar-refractivity contribution in [3.05, 3.63) is 26.9 Å². The van der Waals surface area contributed by atoms with E-state index in [2.05, 4.69) is 38.1 Å². The van der Waals surface area contributed by atoms with Crippen LogP contribution >= 0.6 is 15.9 Å². The van der Waals surface area contributed by atoms with Gasteiger partial charge in [-0.15, -0.1) is 0 Å². The van der Waals surface area contributed by atoms with Crippen LogP contribution in [0.2, 0.25) is 0 Å². The summed E-state index contributed by atoms with van der Waals surface area (Å²) in [5.41, 5.74) is -0.00575. The van der Waals surface area contributed by atoms with Crippen LogP contribution in [0.3, 0.4) is 0 Å². The third kappa shape index (κ3) is 4.93. The molecule has 7 heteroatoms. The van der Waals surface area contributed by atoms with Gasteiger partial charge in [0.2, 0.25) is 0 Å². The second-order valence-corrected chi connectivity index (χ2v) is 6.48. The van der Waals surface area contributed by atoms with Crippen molar-refractivity contribution in [3.63, 3.8) is 0 Å². The molecule has 0 amide bonds. The van der Waals surface area contributed by atoms with Gasteiger partial charge < -0.3 is 10.2 Å². The van der Waals surface area contributed by atoms with Crippen molar-refractivity contribution in [3.8, 4) is 0 Å². The van der Waals surface area contributed by atoms with Crippen LogP contribution in [0, 0.1) is 16.0 Å². The number of nitrogens with one attached hydrogen (secondary N) is 1. The van der Waals surface area contributed by atoms with Crippen LogP contribution in [0.5, 0.6) is 0 Å². The lowest BCUT2D eigenvalue weighted by Gasteiger charge is -2.29. The van der Waals surface area contributed by atoms with Crippen molar-refractivity contribution < 1.29 is 4.92 Å². The standard InChI is InChI=1S/C14H21BrN4O2/c1-11(10-18-5-3-2-4-6-18)8-16-14-13(15)7-12(9-17-14)19(20)21/h7,9,11H,2-6,8,10H2,1H3,(H,16,17). The molecular formula is C14H21BrN4O2. The number of hydrogen-bond donors (Lipinski definition) is 1. The molecule has 0 spiro atoms. The minimum atomic E-state index is -0.444. The van der Waals surface area contributed by atoms with Crippen LogP contribution in [0.15, 0.2) is 16.7 Å². The summed E-state index contributed by atoms with van der Waals surface area (Å²) in [4.78, 5) is 16.8. The topological polar surface area (TPSA) is 71.3 Å². The summed E-state index contributed by atoms with van der Waals surface area (Å²) < 4.78 is 0.627. The zero-order chi connectivity index (χ0) is 15.2. The van der Waals surface area contributed by atoms with Crippen molar-refractivity contribution in [2.75, 3.05) is 31.5 Å². The van der Waals surface area contributed by atoms with E-state index in [0.29, 0.717) is 16.2 Å². The van der Waals surface area contributed by atoms with E-state index >= 15 is 0 Å². The molecule has 1 unspecified atom stereocenters. The number of halogens is 1. The monoisotopic (exact) mass is 356 g/mol. The summed E-state index contributed by atoms with van der Waals surface area (Å²) in [6.07, 6.45) is 5.23. The van der Waals surface area contributed by atoms with Crippen LogP contribution in [-0.4, -0.2) is 41.0 Å². The van der Waals surface area contributed by atoms with Gasteiger partial charge in [-0.25, -0.2) is 4.98 Å². The molecule has 1 fully saturated rings. The molecule has 1 aliphatic rings. The van der Waals surface area contributed by atoms with Crippen LogP contribution in [0.4, 0.5) is 11.5 Å². The zero-order valence-electron chi connectivity index (χ0n) is 12.2. The molecule has 1 N–H and O–H groups in total. The molecule has 1 aliphatic heterocycles. The van der Waals surface area contributed by atoms with Gasteiger partial charge in [0.05, 0.1) is 9.40 Å². The Bertz CT molecular complexity index is 492. The summed E-state index contributed by atoms with van der Waals surface area (Å²) in [5, 5.41) is 13.9. The van der Waals surface area contributed by atoms with E-state index in [1.807, 2.05) is 0 Å². The fourth-order valence-corrected chi connectivity index (χ4v) is 3.05. The quantitative estimate of drug-likeness (QED) is 0.625. The highest BCUT2D eigenvalue weighted by molar-refractivity contribution is 9.10. The predicted molar refractivity (Wildman–Crippen MR) is 86.5 cm³/mol. The number of likely N-dealkylation sites (tertiary alicyclic amines) is 1. The Kier molecular flexibility index (Phi) is 5.93. The maximum absolute atomic E-state index is 10.7. The first-order valence-corrected chi connectivity index (χ1v) is 8.11. The number of piperidine rings is 1. The van der Waals surface area contributed by atoms with Crippen LogP contribution in [0.1, 0.15) is 26.2 Å². The van der Waals surface area contributed by atoms with E-state index in [-0.39, 0.29) is 5.69 Å². The van der Waals surface area contributed by atoms with E-state index in [9.17, 15) is 10.1 Å². The average molecular weight is 357 g/mol. The first-order chi connectivity index (χ1) is 10.1. The molecule has 0 saturated carbocycles. The summed E-state index contributed by atoms with van der Waals surface area (Å²) in [6.45, 7) is 6.49. The maximum atomic E-state index is 10.7. The molecule has 1 saturated heterocycles. The van der Waals surface area contributed by atoms with Gasteiger partial charge in [-0.2, -0.15) is 0 Å². The fourth-order valence-electron chi connectivity index (χ4n) is 2.58. The Balaban J connectivity index is 1.83. The summed E-state index contributed by atoms with van der Waals surface area (Å²) in [5.74, 6) is 1.16. The van der Waals surface area contributed by atoms with Crippen molar-refractivity contribution in [2.24, 2.45) is 5.92 Å². The number of nitro groups is 1. The van der Waals surface area contributed by atoms with E-state index in [4.69, 9.17) is 0 Å². The van der Waals surface area contributed by atoms with E-state index in [1.165, 1.54) is 44.6 Å². The normalized spacial score (nSPS) is 17.4. The number of nitrogens with zero attached hydrogens (tertiary/aromatic N) is 3. The average Bonchev–Trinajstić information content (AvgIpc) is 2.47. The molecule has 0 radical (unpaired) electrons. The Morgan fingerprint density at radius 3 is 2.81 bits per heavy atom. The molecule has 0 bridgehead atoms. The van der Waals surface area contributed by atoms with Crippen LogP contribution in [-0.2, 0) is 0 Å². The molecule has 2 rings (SSSR count). The second-order valence-electron chi connectivity index (χ2n) is 5.63. The zero-order valence-corrected chi connectivity index (χ0v) is 13.8. The van der Waals surface area contributed by atoms with Crippen LogP contribution < -0.4 is 5.32 Å². The summed E-state index contributed by atoms with van der Waals surface area (Å²) >= 11 is 3.32. The molecule has 0 aliphatic carbocycles. The Morgan fingerprint density at radius 2 is 2.19 bits per heavy atom. The molecule has 21 heavy (non-hydrogen) atoms. The third-order valence-electron chi connectivity index (χ3n) is 3.67. The molecular weight excluding hydrogens is 336 g/mol. The minimum absolute atomic E-state index is 0.00575. The van der Waals surface area contributed by atoms with Crippen LogP contribution in [0.25, 0.3) is 0 Å². The minimum Gasteiger partial charge on any atom is -0.369 e. The fraction of sp³-hybridized carbons (Fsp3) is 0.643. The van der Waals surface area contributed by atoms with Gasteiger partial charge >= 0.3 is 0 Å². The second kappa shape index (κ2) is 7.70. The first kappa shape index (κ1) is 16.2. The number of hydrogen-bond acceptors (Lipinski definition) is 5. The number of rotatable bonds is 6. The number of anilines is 1. The highest BCUT2D eigenvalue weighted by Gasteiger charge is 2.15. The molecule has 1 aromatic rings. The lowest BCUT2D eigenvalue weighted by molar-refractivity contribution is -0.385. The van der Waals surface area contributed by atoms with Gasteiger partial charge in [-0.05, 0) is 47.8 Å². The largest absolute Gasteiger partial charge is 0.369 e. The summed E-state index contributed by atoms with van der Waals surface area (Å²) in [7, 11) is 0. The lowest BCUT2D eigenvalue weighted by atomic mass is 10.1. The molecule has 2 heterocycles.